The van der Waals surface area contributed by atoms with Crippen LogP contribution in [0.15, 0.2) is 85.1 Å². The summed E-state index contributed by atoms with van der Waals surface area (Å²) in [5, 5.41) is 17.6. The Morgan fingerprint density at radius 3 is 2.45 bits per heavy atom. The number of benzene rings is 4. The lowest BCUT2D eigenvalue weighted by Crippen LogP contribution is -2.08. The number of nitrogens with one attached hydrogen (secondary N) is 1. The number of fused-ring (bicyclic) bond motifs is 2. The summed E-state index contributed by atoms with van der Waals surface area (Å²) in [5.41, 5.74) is 3.07. The van der Waals surface area contributed by atoms with Gasteiger partial charge in [-0.3, -0.25) is 4.79 Å². The first-order chi connectivity index (χ1) is 20.3. The van der Waals surface area contributed by atoms with E-state index in [0.29, 0.717) is 44.4 Å². The van der Waals surface area contributed by atoms with E-state index in [1.54, 1.807) is 42.5 Å². The molecule has 0 saturated heterocycles. The fraction of sp³-hybridized carbons (Fsp3) is 0.0645. The van der Waals surface area contributed by atoms with Crippen LogP contribution in [0.25, 0.3) is 44.3 Å². The zero-order valence-electron chi connectivity index (χ0n) is 22.3. The van der Waals surface area contributed by atoms with Crippen LogP contribution >= 0.6 is 0 Å². The molecule has 11 heteroatoms. The molecule has 2 N–H and O–H groups in total. The van der Waals surface area contributed by atoms with Gasteiger partial charge in [0.25, 0.3) is 0 Å². The van der Waals surface area contributed by atoms with Gasteiger partial charge in [0.2, 0.25) is 0 Å². The molecule has 0 aliphatic rings. The predicted molar refractivity (Wildman–Crippen MR) is 155 cm³/mol. The first-order valence-corrected chi connectivity index (χ1v) is 12.7. The lowest BCUT2D eigenvalue weighted by molar-refractivity contribution is -0.132. The molecule has 10 nitrogen and oxygen atoms in total. The normalized spacial score (nSPS) is 11.0. The molecular weight excluding hydrogens is 541 g/mol. The minimum Gasteiger partial charge on any atom is -0.493 e. The van der Waals surface area contributed by atoms with Crippen molar-refractivity contribution in [2.24, 2.45) is 0 Å². The second kappa shape index (κ2) is 10.6. The molecule has 6 rings (SSSR count). The standard InChI is InChI=1S/C31H22FN5O5/c1-17(38)42-28-14-23-25(15-27(28)41-2)35-29(19-8-10-22(24(32)13-19)18-6-4-3-5-7-18)36-30(23)34-21-9-11-26-20(12-21)16-33-37(26)31(39)40/h3-16H,1-2H3,(H,39,40)(H,34,35,36). The van der Waals surface area contributed by atoms with E-state index in [0.717, 1.165) is 10.2 Å². The van der Waals surface area contributed by atoms with E-state index < -0.39 is 17.9 Å². The summed E-state index contributed by atoms with van der Waals surface area (Å²) in [6.45, 7) is 1.28. The lowest BCUT2D eigenvalue weighted by atomic mass is 10.0. The van der Waals surface area contributed by atoms with Gasteiger partial charge in [-0.2, -0.15) is 9.78 Å². The van der Waals surface area contributed by atoms with Crippen LogP contribution in [0.4, 0.5) is 20.7 Å². The molecule has 0 unspecified atom stereocenters. The van der Waals surface area contributed by atoms with E-state index in [4.69, 9.17) is 14.5 Å². The van der Waals surface area contributed by atoms with Crippen LogP contribution in [0.2, 0.25) is 0 Å². The molecule has 0 bridgehead atoms. The van der Waals surface area contributed by atoms with Crippen molar-refractivity contribution in [1.29, 1.82) is 0 Å². The van der Waals surface area contributed by atoms with E-state index in [2.05, 4.69) is 15.4 Å². The molecule has 0 radical (unpaired) electrons. The molecular formula is C31H22FN5O5. The van der Waals surface area contributed by atoms with Crippen molar-refractivity contribution in [3.05, 3.63) is 90.9 Å². The van der Waals surface area contributed by atoms with Crippen molar-refractivity contribution in [2.45, 2.75) is 6.92 Å². The number of hydrogen-bond donors (Lipinski definition) is 2. The summed E-state index contributed by atoms with van der Waals surface area (Å²) >= 11 is 0. The van der Waals surface area contributed by atoms with Crippen molar-refractivity contribution in [1.82, 2.24) is 19.7 Å². The topological polar surface area (TPSA) is 128 Å². The zero-order chi connectivity index (χ0) is 29.4. The van der Waals surface area contributed by atoms with Crippen molar-refractivity contribution in [3.63, 3.8) is 0 Å². The number of rotatable bonds is 6. The summed E-state index contributed by atoms with van der Waals surface area (Å²) in [7, 11) is 1.44. The molecule has 0 spiro atoms. The molecule has 42 heavy (non-hydrogen) atoms. The molecule has 2 heterocycles. The molecule has 0 fully saturated rings. The maximum absolute atomic E-state index is 15.3. The van der Waals surface area contributed by atoms with Gasteiger partial charge in [-0.15, -0.1) is 0 Å². The predicted octanol–water partition coefficient (Wildman–Crippen LogP) is 6.66. The maximum atomic E-state index is 15.3. The highest BCUT2D eigenvalue weighted by molar-refractivity contribution is 5.96. The molecule has 0 aliphatic carbocycles. The number of anilines is 2. The van der Waals surface area contributed by atoms with E-state index in [-0.39, 0.29) is 17.3 Å². The molecule has 0 atom stereocenters. The average Bonchev–Trinajstić information content (AvgIpc) is 3.41. The largest absolute Gasteiger partial charge is 0.493 e. The Bertz CT molecular complexity index is 2010. The highest BCUT2D eigenvalue weighted by Crippen LogP contribution is 2.37. The van der Waals surface area contributed by atoms with Crippen molar-refractivity contribution in [2.75, 3.05) is 12.4 Å². The third kappa shape index (κ3) is 4.94. The van der Waals surface area contributed by atoms with Crippen LogP contribution in [-0.4, -0.2) is 44.0 Å². The molecule has 0 aliphatic heterocycles. The SMILES string of the molecule is COc1cc2nc(-c3ccc(-c4ccccc4)c(F)c3)nc(Nc3ccc4c(cnn4C(=O)O)c3)c2cc1OC(C)=O. The van der Waals surface area contributed by atoms with Crippen LogP contribution in [0.3, 0.4) is 0 Å². The Labute approximate surface area is 238 Å². The first kappa shape index (κ1) is 26.4. The summed E-state index contributed by atoms with van der Waals surface area (Å²) in [6, 6.07) is 22.2. The molecule has 208 valence electrons. The van der Waals surface area contributed by atoms with Crippen LogP contribution < -0.4 is 14.8 Å². The van der Waals surface area contributed by atoms with E-state index in [1.807, 2.05) is 30.3 Å². The third-order valence-corrected chi connectivity index (χ3v) is 6.56. The number of aromatic nitrogens is 4. The Morgan fingerprint density at radius 1 is 0.929 bits per heavy atom. The second-order valence-electron chi connectivity index (χ2n) is 9.31. The molecule has 2 aromatic heterocycles. The van der Waals surface area contributed by atoms with Gasteiger partial charge >= 0.3 is 12.1 Å². The number of carboxylic acid groups (broad SMARTS) is 1. The molecule has 0 amide bonds. The second-order valence-corrected chi connectivity index (χ2v) is 9.31. The van der Waals surface area contributed by atoms with E-state index in [9.17, 15) is 14.7 Å². The van der Waals surface area contributed by atoms with Gasteiger partial charge in [-0.1, -0.05) is 42.5 Å². The van der Waals surface area contributed by atoms with Crippen molar-refractivity contribution in [3.8, 4) is 34.0 Å². The van der Waals surface area contributed by atoms with Crippen molar-refractivity contribution >= 4 is 45.4 Å². The number of methoxy groups -OCH3 is 1. The van der Waals surface area contributed by atoms with Crippen molar-refractivity contribution < 1.29 is 28.6 Å². The number of ether oxygens (including phenoxy) is 2. The van der Waals surface area contributed by atoms with Gasteiger partial charge in [0.05, 0.1) is 24.3 Å². The summed E-state index contributed by atoms with van der Waals surface area (Å²) < 4.78 is 27.0. The van der Waals surface area contributed by atoms with Gasteiger partial charge in [0.1, 0.15) is 11.6 Å². The van der Waals surface area contributed by atoms with Gasteiger partial charge in [0, 0.05) is 40.6 Å². The number of carbonyl (C=O) groups is 2. The number of esters is 1. The molecule has 0 saturated carbocycles. The third-order valence-electron chi connectivity index (χ3n) is 6.56. The van der Waals surface area contributed by atoms with Gasteiger partial charge in [-0.25, -0.2) is 19.2 Å². The quantitative estimate of drug-likeness (QED) is 0.169. The van der Waals surface area contributed by atoms with Crippen LogP contribution in [0, 0.1) is 5.82 Å². The minimum absolute atomic E-state index is 0.174. The maximum Gasteiger partial charge on any atom is 0.432 e. The summed E-state index contributed by atoms with van der Waals surface area (Å²) in [5.74, 6) is 0.0686. The zero-order valence-corrected chi connectivity index (χ0v) is 22.3. The monoisotopic (exact) mass is 563 g/mol. The van der Waals surface area contributed by atoms with E-state index in [1.165, 1.54) is 26.3 Å². The Balaban J connectivity index is 1.49. The smallest absolute Gasteiger partial charge is 0.432 e. The first-order valence-electron chi connectivity index (χ1n) is 12.7. The molecule has 4 aromatic carbocycles. The van der Waals surface area contributed by atoms with Crippen LogP contribution in [0.5, 0.6) is 11.5 Å². The van der Waals surface area contributed by atoms with Gasteiger partial charge < -0.3 is 19.9 Å². The number of nitrogens with zero attached hydrogens (tertiary/aromatic N) is 4. The number of hydrogen-bond acceptors (Lipinski definition) is 8. The number of carbonyl (C=O) groups excluding carboxylic acids is 1. The van der Waals surface area contributed by atoms with E-state index >= 15 is 4.39 Å². The Hall–Kier alpha value is -5.84. The lowest BCUT2D eigenvalue weighted by Gasteiger charge is -2.15. The minimum atomic E-state index is -1.20. The fourth-order valence-electron chi connectivity index (χ4n) is 4.66. The summed E-state index contributed by atoms with van der Waals surface area (Å²) in [4.78, 5) is 32.6. The van der Waals surface area contributed by atoms with Gasteiger partial charge in [-0.05, 0) is 35.9 Å². The van der Waals surface area contributed by atoms with Crippen LogP contribution in [0.1, 0.15) is 6.92 Å². The summed E-state index contributed by atoms with van der Waals surface area (Å²) in [6.07, 6.45) is 0.244. The Kier molecular flexibility index (Phi) is 6.67. The highest BCUT2D eigenvalue weighted by Gasteiger charge is 2.18. The van der Waals surface area contributed by atoms with Crippen LogP contribution in [-0.2, 0) is 4.79 Å². The Morgan fingerprint density at radius 2 is 1.74 bits per heavy atom. The molecule has 6 aromatic rings. The fourth-order valence-corrected chi connectivity index (χ4v) is 4.66. The number of halogens is 1. The highest BCUT2D eigenvalue weighted by atomic mass is 19.1. The average molecular weight is 564 g/mol. The van der Waals surface area contributed by atoms with Gasteiger partial charge in [0.15, 0.2) is 17.3 Å².